The van der Waals surface area contributed by atoms with Crippen molar-refractivity contribution in [2.24, 2.45) is 18.9 Å². The van der Waals surface area contributed by atoms with Crippen molar-refractivity contribution in [2.45, 2.75) is 69.7 Å². The monoisotopic (exact) mass is 613 g/mol. The number of amides is 1. The van der Waals surface area contributed by atoms with E-state index in [4.69, 9.17) is 0 Å². The van der Waals surface area contributed by atoms with Gasteiger partial charge in [0.15, 0.2) is 0 Å². The van der Waals surface area contributed by atoms with Crippen molar-refractivity contribution >= 4 is 34.8 Å². The molecule has 0 spiro atoms. The lowest BCUT2D eigenvalue weighted by atomic mass is 9.83. The van der Waals surface area contributed by atoms with Gasteiger partial charge in [-0.05, 0) is 43.6 Å². The Bertz CT molecular complexity index is 1500. The van der Waals surface area contributed by atoms with Gasteiger partial charge in [0.05, 0.1) is 11.5 Å². The summed E-state index contributed by atoms with van der Waals surface area (Å²) in [5.74, 6) is -4.89. The summed E-state index contributed by atoms with van der Waals surface area (Å²) in [4.78, 5) is 27.5. The van der Waals surface area contributed by atoms with Gasteiger partial charge in [-0.25, -0.2) is 17.9 Å². The van der Waals surface area contributed by atoms with Crippen LogP contribution in [-0.2, 0) is 31.1 Å². The minimum atomic E-state index is -3.03. The number of thiophene rings is 1. The molecule has 0 radical (unpaired) electrons. The van der Waals surface area contributed by atoms with E-state index in [1.54, 1.807) is 11.6 Å². The molecule has 2 fully saturated rings. The van der Waals surface area contributed by atoms with Crippen molar-refractivity contribution in [1.29, 1.82) is 0 Å². The van der Waals surface area contributed by atoms with E-state index in [0.717, 1.165) is 10.4 Å². The Morgan fingerprint density at radius 3 is 2.74 bits per heavy atom. The maximum atomic E-state index is 13.6. The molecule has 10 nitrogen and oxygen atoms in total. The first kappa shape index (κ1) is 28.6. The van der Waals surface area contributed by atoms with E-state index >= 15 is 0 Å². The second-order valence-electron chi connectivity index (χ2n) is 11.1. The zero-order valence-electron chi connectivity index (χ0n) is 22.5. The Labute approximate surface area is 240 Å². The molecule has 0 aromatic carbocycles. The first-order chi connectivity index (χ1) is 20.0. The zero-order valence-corrected chi connectivity index (χ0v) is 23.3. The van der Waals surface area contributed by atoms with Crippen molar-refractivity contribution in [1.82, 2.24) is 29.9 Å². The Morgan fingerprint density at radius 2 is 2.05 bits per heavy atom. The quantitative estimate of drug-likeness (QED) is 0.308. The number of carbonyl (C=O) groups is 2. The summed E-state index contributed by atoms with van der Waals surface area (Å²) in [5.41, 5.74) is 1.07. The lowest BCUT2D eigenvalue weighted by Crippen LogP contribution is -2.37. The molecule has 226 valence electrons. The fraction of sp³-hybridized carbons (Fsp3) is 0.577. The highest BCUT2D eigenvalue weighted by atomic mass is 32.1. The van der Waals surface area contributed by atoms with Crippen molar-refractivity contribution < 1.29 is 36.3 Å². The number of ketones is 1. The number of halogens is 5. The molecule has 6 rings (SSSR count). The number of aromatic nitrogens is 5. The second kappa shape index (κ2) is 10.9. The molecule has 0 saturated heterocycles. The molecule has 3 aromatic heterocycles. The van der Waals surface area contributed by atoms with Crippen molar-refractivity contribution in [3.05, 3.63) is 33.3 Å². The predicted octanol–water partition coefficient (Wildman–Crippen LogP) is 4.39. The van der Waals surface area contributed by atoms with Crippen molar-refractivity contribution in [2.75, 3.05) is 11.9 Å². The number of ether oxygens (including phenoxy) is 1. The standard InChI is InChI=1S/C26H28F5N7O3S/c1-37-20(8-21(36-37)41-24(28)29)34-25-35-33-11-38(25)14-2-3-18-15(6-14)22(23(40)32-10-12-4-13(27)5-12)19(42-18)7-17(39)16-9-26(16,30)31/h8,11-14,16,24H,2-7,9-10H2,1H3,(H,32,40)(H,34,35)/t12?,13?,14-,16+/m0/s1. The van der Waals surface area contributed by atoms with Gasteiger partial charge in [-0.15, -0.1) is 26.6 Å². The van der Waals surface area contributed by atoms with E-state index in [0.29, 0.717) is 60.9 Å². The van der Waals surface area contributed by atoms with Gasteiger partial charge in [-0.2, -0.15) is 8.78 Å². The third-order valence-corrected chi connectivity index (χ3v) is 9.38. The average Bonchev–Trinajstić information content (AvgIpc) is 3.24. The maximum absolute atomic E-state index is 13.6. The van der Waals surface area contributed by atoms with Crippen molar-refractivity contribution in [3.63, 3.8) is 0 Å². The number of nitrogens with zero attached hydrogens (tertiary/aromatic N) is 5. The molecule has 0 unspecified atom stereocenters. The van der Waals surface area contributed by atoms with E-state index in [1.807, 2.05) is 0 Å². The molecular weight excluding hydrogens is 585 g/mol. The predicted molar refractivity (Wildman–Crippen MR) is 140 cm³/mol. The molecule has 2 saturated carbocycles. The zero-order chi connectivity index (χ0) is 29.8. The number of hydrogen-bond donors (Lipinski definition) is 2. The third-order valence-electron chi connectivity index (χ3n) is 8.09. The Hall–Kier alpha value is -3.56. The van der Waals surface area contributed by atoms with E-state index < -0.39 is 42.7 Å². The van der Waals surface area contributed by atoms with Gasteiger partial charge >= 0.3 is 6.61 Å². The van der Waals surface area contributed by atoms with Gasteiger partial charge in [0.2, 0.25) is 11.8 Å². The second-order valence-corrected chi connectivity index (χ2v) is 12.3. The van der Waals surface area contributed by atoms with E-state index in [2.05, 4.69) is 30.7 Å². The highest BCUT2D eigenvalue weighted by Gasteiger charge is 2.60. The van der Waals surface area contributed by atoms with Gasteiger partial charge in [-0.1, -0.05) is 0 Å². The van der Waals surface area contributed by atoms with Gasteiger partial charge < -0.3 is 15.4 Å². The first-order valence-corrected chi connectivity index (χ1v) is 14.4. The summed E-state index contributed by atoms with van der Waals surface area (Å²) in [7, 11) is 1.54. The number of rotatable bonds is 11. The summed E-state index contributed by atoms with van der Waals surface area (Å²) in [6.45, 7) is -2.73. The van der Waals surface area contributed by atoms with Crippen LogP contribution in [0.3, 0.4) is 0 Å². The van der Waals surface area contributed by atoms with Crippen LogP contribution in [0.4, 0.5) is 33.7 Å². The largest absolute Gasteiger partial charge is 0.415 e. The fourth-order valence-electron chi connectivity index (χ4n) is 5.66. The summed E-state index contributed by atoms with van der Waals surface area (Å²) in [6, 6.07) is 1.09. The number of aryl methyl sites for hydroxylation is 2. The average molecular weight is 614 g/mol. The summed E-state index contributed by atoms with van der Waals surface area (Å²) in [5, 5.41) is 17.9. The Morgan fingerprint density at radius 1 is 1.29 bits per heavy atom. The SMILES string of the molecule is Cn1nc(OC(F)F)cc1Nc1nncn1[C@H]1CCc2sc(CC(=O)[C@H]3CC3(F)F)c(C(=O)NCC3CC(F)C3)c2C1. The van der Waals surface area contributed by atoms with Gasteiger partial charge in [-0.3, -0.25) is 14.2 Å². The van der Waals surface area contributed by atoms with Crippen LogP contribution >= 0.6 is 11.3 Å². The molecule has 0 bridgehead atoms. The summed E-state index contributed by atoms with van der Waals surface area (Å²) >= 11 is 1.30. The highest BCUT2D eigenvalue weighted by Crippen LogP contribution is 2.50. The number of nitrogens with one attached hydrogen (secondary N) is 2. The molecule has 1 amide bonds. The molecule has 3 aliphatic carbocycles. The highest BCUT2D eigenvalue weighted by molar-refractivity contribution is 7.12. The number of fused-ring (bicyclic) bond motifs is 1. The molecule has 0 aliphatic heterocycles. The molecule has 42 heavy (non-hydrogen) atoms. The number of alkyl halides is 5. The number of carbonyl (C=O) groups excluding carboxylic acids is 2. The normalized spacial score (nSPS) is 24.2. The minimum absolute atomic E-state index is 0.0330. The number of anilines is 2. The molecule has 3 heterocycles. The molecule has 2 N–H and O–H groups in total. The molecule has 16 heteroatoms. The minimum Gasteiger partial charge on any atom is -0.415 e. The van der Waals surface area contributed by atoms with Crippen LogP contribution in [0.1, 0.15) is 57.4 Å². The number of hydrogen-bond acceptors (Lipinski definition) is 8. The van der Waals surface area contributed by atoms with Crippen molar-refractivity contribution in [3.8, 4) is 5.88 Å². The topological polar surface area (TPSA) is 116 Å². The first-order valence-electron chi connectivity index (χ1n) is 13.6. The van der Waals surface area contributed by atoms with Gasteiger partial charge in [0.1, 0.15) is 24.1 Å². The Kier molecular flexibility index (Phi) is 7.43. The van der Waals surface area contributed by atoms with Crippen LogP contribution in [0, 0.1) is 11.8 Å². The van der Waals surface area contributed by atoms with Crippen LogP contribution in [0.15, 0.2) is 12.4 Å². The van der Waals surface area contributed by atoms with Crippen LogP contribution < -0.4 is 15.4 Å². The van der Waals surface area contributed by atoms with Crippen LogP contribution in [0.5, 0.6) is 5.88 Å². The number of Topliss-reactive ketones (excluding diaryl/α,β-unsaturated/α-hetero) is 1. The smallest absolute Gasteiger partial charge is 0.388 e. The van der Waals surface area contributed by atoms with E-state index in [1.165, 1.54) is 28.4 Å². The summed E-state index contributed by atoms with van der Waals surface area (Å²) < 4.78 is 73.2. The lowest BCUT2D eigenvalue weighted by molar-refractivity contribution is -0.121. The van der Waals surface area contributed by atoms with Crippen LogP contribution in [0.2, 0.25) is 0 Å². The molecule has 3 aromatic rings. The molecule has 2 atom stereocenters. The van der Waals surface area contributed by atoms with E-state index in [9.17, 15) is 31.5 Å². The fourth-order valence-corrected chi connectivity index (χ4v) is 7.02. The van der Waals surface area contributed by atoms with Crippen LogP contribution in [-0.4, -0.2) is 61.5 Å². The van der Waals surface area contributed by atoms with Gasteiger partial charge in [0, 0.05) is 48.3 Å². The Balaban J connectivity index is 1.23. The third kappa shape index (κ3) is 5.72. The molecule has 3 aliphatic rings. The van der Waals surface area contributed by atoms with Crippen LogP contribution in [0.25, 0.3) is 0 Å². The van der Waals surface area contributed by atoms with Gasteiger partial charge in [0.25, 0.3) is 11.8 Å². The van der Waals surface area contributed by atoms with E-state index in [-0.39, 0.29) is 24.3 Å². The maximum Gasteiger partial charge on any atom is 0.388 e. The molecular formula is C26H28F5N7O3S. The summed E-state index contributed by atoms with van der Waals surface area (Å²) in [6.07, 6.45) is 2.28. The lowest BCUT2D eigenvalue weighted by Gasteiger charge is -2.29.